The first-order valence-electron chi connectivity index (χ1n) is 6.77. The monoisotopic (exact) mass is 326 g/mol. The molecule has 0 unspecified atom stereocenters. The van der Waals surface area contributed by atoms with E-state index < -0.39 is 0 Å². The molecule has 0 fully saturated rings. The van der Waals surface area contributed by atoms with Gasteiger partial charge in [0.1, 0.15) is 10.8 Å². The second-order valence-electron chi connectivity index (χ2n) is 4.56. The molecule has 114 valence electrons. The third kappa shape index (κ3) is 4.78. The molecule has 2 N–H and O–H groups in total. The Kier molecular flexibility index (Phi) is 5.68. The standard InChI is InChI=1S/C12H18N6OS2/c1-4-5-6-9-16-18-12(21-9)14-10(19)7(2)20-11-13-8(3)15-17-11/h7H,4-6H2,1-3H3,(H,13,15,17)(H,14,18,19)/t7-/m1/s1. The van der Waals surface area contributed by atoms with Crippen molar-refractivity contribution in [3.05, 3.63) is 10.8 Å². The van der Waals surface area contributed by atoms with Gasteiger partial charge < -0.3 is 0 Å². The molecule has 1 atom stereocenters. The maximum Gasteiger partial charge on any atom is 0.239 e. The summed E-state index contributed by atoms with van der Waals surface area (Å²) in [7, 11) is 0. The SMILES string of the molecule is CCCCc1nnc(NC(=O)[C@@H](C)Sc2n[nH]c(C)n2)s1. The average Bonchev–Trinajstić information content (AvgIpc) is 3.05. The quantitative estimate of drug-likeness (QED) is 0.759. The second kappa shape index (κ2) is 7.51. The number of aryl methyl sites for hydroxylation is 2. The average molecular weight is 326 g/mol. The summed E-state index contributed by atoms with van der Waals surface area (Å²) in [5, 5.41) is 19.4. The Labute approximate surface area is 131 Å². The molecule has 0 saturated heterocycles. The Balaban J connectivity index is 1.86. The molecule has 7 nitrogen and oxygen atoms in total. The summed E-state index contributed by atoms with van der Waals surface area (Å²) in [6, 6.07) is 0. The van der Waals surface area contributed by atoms with E-state index >= 15 is 0 Å². The number of unbranched alkanes of at least 4 members (excludes halogenated alkanes) is 1. The fourth-order valence-corrected chi connectivity index (χ4v) is 3.08. The van der Waals surface area contributed by atoms with Crippen molar-refractivity contribution in [1.82, 2.24) is 25.4 Å². The first-order chi connectivity index (χ1) is 10.1. The van der Waals surface area contributed by atoms with E-state index in [0.717, 1.165) is 30.1 Å². The zero-order valence-corrected chi connectivity index (χ0v) is 13.8. The Hall–Kier alpha value is -1.48. The van der Waals surface area contributed by atoms with Gasteiger partial charge >= 0.3 is 0 Å². The number of aromatic nitrogens is 5. The highest BCUT2D eigenvalue weighted by Gasteiger charge is 2.18. The maximum absolute atomic E-state index is 12.1. The lowest BCUT2D eigenvalue weighted by molar-refractivity contribution is -0.115. The number of nitrogens with one attached hydrogen (secondary N) is 2. The molecule has 9 heteroatoms. The topological polar surface area (TPSA) is 96.5 Å². The van der Waals surface area contributed by atoms with Crippen LogP contribution in [0, 0.1) is 6.92 Å². The molecule has 0 spiro atoms. The lowest BCUT2D eigenvalue weighted by Crippen LogP contribution is -2.22. The van der Waals surface area contributed by atoms with Crippen molar-refractivity contribution in [2.45, 2.75) is 50.4 Å². The normalized spacial score (nSPS) is 12.3. The smallest absolute Gasteiger partial charge is 0.239 e. The Morgan fingerprint density at radius 2 is 2.29 bits per heavy atom. The molecule has 21 heavy (non-hydrogen) atoms. The van der Waals surface area contributed by atoms with E-state index in [1.165, 1.54) is 23.1 Å². The number of nitrogens with zero attached hydrogens (tertiary/aromatic N) is 4. The number of H-pyrrole nitrogens is 1. The number of carbonyl (C=O) groups excluding carboxylic acids is 1. The van der Waals surface area contributed by atoms with Crippen molar-refractivity contribution >= 4 is 34.1 Å². The molecule has 1 amide bonds. The third-order valence-electron chi connectivity index (χ3n) is 2.67. The first-order valence-corrected chi connectivity index (χ1v) is 8.47. The molecule has 0 aliphatic rings. The highest BCUT2D eigenvalue weighted by Crippen LogP contribution is 2.22. The van der Waals surface area contributed by atoms with Crippen LogP contribution in [0.25, 0.3) is 0 Å². The molecule has 2 heterocycles. The van der Waals surface area contributed by atoms with Gasteiger partial charge in [0, 0.05) is 6.42 Å². The molecule has 0 aromatic carbocycles. The van der Waals surface area contributed by atoms with E-state index in [0.29, 0.717) is 10.3 Å². The molecular formula is C12H18N6OS2. The number of amides is 1. The summed E-state index contributed by atoms with van der Waals surface area (Å²) < 4.78 is 0. The van der Waals surface area contributed by atoms with E-state index in [9.17, 15) is 4.79 Å². The van der Waals surface area contributed by atoms with E-state index in [4.69, 9.17) is 0 Å². The van der Waals surface area contributed by atoms with Crippen LogP contribution in [-0.2, 0) is 11.2 Å². The van der Waals surface area contributed by atoms with Crippen LogP contribution in [0.15, 0.2) is 5.16 Å². The van der Waals surface area contributed by atoms with Crippen LogP contribution >= 0.6 is 23.1 Å². The largest absolute Gasteiger partial charge is 0.300 e. The second-order valence-corrected chi connectivity index (χ2v) is 6.93. The van der Waals surface area contributed by atoms with Crippen LogP contribution < -0.4 is 5.32 Å². The Morgan fingerprint density at radius 1 is 1.48 bits per heavy atom. The van der Waals surface area contributed by atoms with Crippen molar-refractivity contribution < 1.29 is 4.79 Å². The van der Waals surface area contributed by atoms with Gasteiger partial charge in [-0.25, -0.2) is 4.98 Å². The van der Waals surface area contributed by atoms with Gasteiger partial charge in [0.25, 0.3) is 0 Å². The number of hydrogen-bond donors (Lipinski definition) is 2. The fraction of sp³-hybridized carbons (Fsp3) is 0.583. The van der Waals surface area contributed by atoms with Crippen molar-refractivity contribution in [1.29, 1.82) is 0 Å². The van der Waals surface area contributed by atoms with Crippen LogP contribution in [0.4, 0.5) is 5.13 Å². The molecule has 0 saturated carbocycles. The predicted octanol–water partition coefficient (Wildman–Crippen LogP) is 2.43. The molecule has 0 aliphatic carbocycles. The highest BCUT2D eigenvalue weighted by atomic mass is 32.2. The maximum atomic E-state index is 12.1. The number of aromatic amines is 1. The third-order valence-corrected chi connectivity index (χ3v) is 4.53. The van der Waals surface area contributed by atoms with Crippen molar-refractivity contribution in [2.24, 2.45) is 0 Å². The van der Waals surface area contributed by atoms with E-state index in [1.54, 1.807) is 0 Å². The predicted molar refractivity (Wildman–Crippen MR) is 83.6 cm³/mol. The molecule has 2 aromatic heterocycles. The Bertz CT molecular complexity index is 596. The van der Waals surface area contributed by atoms with Crippen molar-refractivity contribution in [3.63, 3.8) is 0 Å². The van der Waals surface area contributed by atoms with Crippen LogP contribution in [0.2, 0.25) is 0 Å². The number of hydrogen-bond acceptors (Lipinski definition) is 7. The van der Waals surface area contributed by atoms with Gasteiger partial charge in [-0.1, -0.05) is 36.4 Å². The minimum Gasteiger partial charge on any atom is -0.300 e. The zero-order chi connectivity index (χ0) is 15.2. The van der Waals surface area contributed by atoms with Gasteiger partial charge in [-0.05, 0) is 20.3 Å². The lowest BCUT2D eigenvalue weighted by Gasteiger charge is -2.07. The van der Waals surface area contributed by atoms with Gasteiger partial charge in [0.15, 0.2) is 0 Å². The van der Waals surface area contributed by atoms with Gasteiger partial charge in [-0.15, -0.1) is 15.3 Å². The minimum atomic E-state index is -0.303. The summed E-state index contributed by atoms with van der Waals surface area (Å²) in [5.74, 6) is 0.607. The summed E-state index contributed by atoms with van der Waals surface area (Å²) in [4.78, 5) is 16.3. The molecule has 2 aromatic rings. The van der Waals surface area contributed by atoms with Crippen LogP contribution in [-0.4, -0.2) is 36.5 Å². The summed E-state index contributed by atoms with van der Waals surface area (Å²) in [5.41, 5.74) is 0. The summed E-state index contributed by atoms with van der Waals surface area (Å²) in [6.45, 7) is 5.76. The molecule has 2 rings (SSSR count). The van der Waals surface area contributed by atoms with Crippen LogP contribution in [0.1, 0.15) is 37.5 Å². The lowest BCUT2D eigenvalue weighted by atomic mass is 10.3. The number of carbonyl (C=O) groups is 1. The molecule has 0 radical (unpaired) electrons. The van der Waals surface area contributed by atoms with Gasteiger partial charge in [-0.2, -0.15) is 0 Å². The van der Waals surface area contributed by atoms with Crippen molar-refractivity contribution in [3.8, 4) is 0 Å². The van der Waals surface area contributed by atoms with Crippen molar-refractivity contribution in [2.75, 3.05) is 5.32 Å². The number of rotatable bonds is 7. The number of thioether (sulfide) groups is 1. The summed E-state index contributed by atoms with van der Waals surface area (Å²) >= 11 is 2.73. The van der Waals surface area contributed by atoms with E-state index in [2.05, 4.69) is 37.6 Å². The zero-order valence-electron chi connectivity index (χ0n) is 12.2. The molecule has 0 bridgehead atoms. The van der Waals surface area contributed by atoms with Gasteiger partial charge in [-0.3, -0.25) is 15.2 Å². The first kappa shape index (κ1) is 15.9. The van der Waals surface area contributed by atoms with Crippen LogP contribution in [0.5, 0.6) is 0 Å². The van der Waals surface area contributed by atoms with Gasteiger partial charge in [0.05, 0.1) is 5.25 Å². The van der Waals surface area contributed by atoms with Gasteiger partial charge in [0.2, 0.25) is 16.2 Å². The number of anilines is 1. The van der Waals surface area contributed by atoms with Crippen LogP contribution in [0.3, 0.4) is 0 Å². The van der Waals surface area contributed by atoms with E-state index in [1.807, 2.05) is 13.8 Å². The minimum absolute atomic E-state index is 0.124. The van der Waals surface area contributed by atoms with E-state index in [-0.39, 0.29) is 11.2 Å². The Morgan fingerprint density at radius 3 is 2.95 bits per heavy atom. The molecule has 0 aliphatic heterocycles. The molecular weight excluding hydrogens is 308 g/mol. The fourth-order valence-electron chi connectivity index (χ4n) is 1.53. The summed E-state index contributed by atoms with van der Waals surface area (Å²) in [6.07, 6.45) is 3.11. The highest BCUT2D eigenvalue weighted by molar-refractivity contribution is 8.00.